The van der Waals surface area contributed by atoms with E-state index in [-0.39, 0.29) is 6.10 Å². The lowest BCUT2D eigenvalue weighted by atomic mass is 10.4. The quantitative estimate of drug-likeness (QED) is 0.434. The number of hydrogen-bond acceptors (Lipinski definition) is 2. The highest BCUT2D eigenvalue weighted by atomic mass is 16.6. The third kappa shape index (κ3) is 0.824. The molecule has 1 aliphatic heterocycles. The number of amides is 1. The van der Waals surface area contributed by atoms with E-state index in [2.05, 4.69) is 10.1 Å². The predicted molar refractivity (Wildman–Crippen MR) is 22.9 cm³/mol. The summed E-state index contributed by atoms with van der Waals surface area (Å²) in [6, 6.07) is 0. The summed E-state index contributed by atoms with van der Waals surface area (Å²) in [5, 5.41) is 3.46. The van der Waals surface area contributed by atoms with Crippen LogP contribution in [0.1, 0.15) is 6.92 Å². The molecule has 0 bridgehead atoms. The molecule has 0 aromatic carbocycles. The molecule has 7 heavy (non-hydrogen) atoms. The van der Waals surface area contributed by atoms with Gasteiger partial charge in [-0.2, -0.15) is 0 Å². The predicted octanol–water partition coefficient (Wildman–Crippen LogP) is 0.129. The van der Waals surface area contributed by atoms with Crippen LogP contribution in [0.25, 0.3) is 0 Å². The first-order valence-corrected chi connectivity index (χ1v) is 2.17. The van der Waals surface area contributed by atoms with Crippen LogP contribution in [0.2, 0.25) is 0 Å². The van der Waals surface area contributed by atoms with Crippen molar-refractivity contribution in [2.45, 2.75) is 13.0 Å². The summed E-state index contributed by atoms with van der Waals surface area (Å²) in [6.07, 6.45) is -0.417. The molecule has 3 heteroatoms. The largest absolute Gasteiger partial charge is 0.443 e. The monoisotopic (exact) mass is 100 g/mol. The Kier molecular flexibility index (Phi) is 0.889. The van der Waals surface area contributed by atoms with Crippen LogP contribution in [0, 0.1) is 0 Å². The summed E-state index contributed by atoms with van der Waals surface area (Å²) in [6.45, 7) is 2.34. The number of ether oxygens (including phenoxy) is 1. The molecule has 0 aromatic heterocycles. The van der Waals surface area contributed by atoms with Crippen LogP contribution >= 0.6 is 0 Å². The van der Waals surface area contributed by atoms with Crippen LogP contribution in [-0.4, -0.2) is 18.7 Å². The molecule has 1 radical (unpaired) electrons. The lowest BCUT2D eigenvalue weighted by molar-refractivity contribution is 0.148. The zero-order chi connectivity index (χ0) is 5.28. The summed E-state index contributed by atoms with van der Waals surface area (Å²) >= 11 is 0. The second-order valence-corrected chi connectivity index (χ2v) is 1.54. The van der Waals surface area contributed by atoms with E-state index in [0.29, 0.717) is 6.54 Å². The van der Waals surface area contributed by atoms with Crippen LogP contribution in [0.5, 0.6) is 0 Å². The molecule has 0 aliphatic carbocycles. The Morgan fingerprint density at radius 3 is 2.86 bits per heavy atom. The summed E-state index contributed by atoms with van der Waals surface area (Å²) in [5.74, 6) is 0. The van der Waals surface area contributed by atoms with Gasteiger partial charge in [0, 0.05) is 0 Å². The fourth-order valence-electron chi connectivity index (χ4n) is 0.450. The Hall–Kier alpha value is -0.730. The van der Waals surface area contributed by atoms with Crippen molar-refractivity contribution in [3.8, 4) is 0 Å². The van der Waals surface area contributed by atoms with Crippen LogP contribution in [0.15, 0.2) is 0 Å². The van der Waals surface area contributed by atoms with Crippen LogP contribution < -0.4 is 5.32 Å². The molecule has 0 spiro atoms. The molecule has 1 saturated heterocycles. The number of hydrogen-bond donors (Lipinski definition) is 0. The maximum atomic E-state index is 10.1. The Morgan fingerprint density at radius 2 is 2.71 bits per heavy atom. The van der Waals surface area contributed by atoms with Crippen molar-refractivity contribution >= 4 is 6.09 Å². The first-order valence-electron chi connectivity index (χ1n) is 2.17. The van der Waals surface area contributed by atoms with Gasteiger partial charge in [-0.25, -0.2) is 10.1 Å². The van der Waals surface area contributed by atoms with Gasteiger partial charge in [-0.15, -0.1) is 0 Å². The Labute approximate surface area is 41.7 Å². The molecule has 3 nitrogen and oxygen atoms in total. The molecular weight excluding hydrogens is 94.0 g/mol. The molecule has 1 atom stereocenters. The highest BCUT2D eigenvalue weighted by molar-refractivity contribution is 5.68. The third-order valence-electron chi connectivity index (χ3n) is 0.779. The third-order valence-corrected chi connectivity index (χ3v) is 0.779. The van der Waals surface area contributed by atoms with Gasteiger partial charge >= 0.3 is 6.09 Å². The summed E-state index contributed by atoms with van der Waals surface area (Å²) in [4.78, 5) is 10.1. The Bertz CT molecular complexity index is 91.7. The minimum Gasteiger partial charge on any atom is -0.443 e. The molecule has 1 fully saturated rings. The number of nitrogens with zero attached hydrogens (tertiary/aromatic N) is 1. The van der Waals surface area contributed by atoms with Crippen molar-refractivity contribution in [2.24, 2.45) is 0 Å². The van der Waals surface area contributed by atoms with Crippen LogP contribution in [0.3, 0.4) is 0 Å². The van der Waals surface area contributed by atoms with Crippen LogP contribution in [-0.2, 0) is 4.74 Å². The number of rotatable bonds is 0. The van der Waals surface area contributed by atoms with E-state index in [1.54, 1.807) is 0 Å². The first kappa shape index (κ1) is 4.43. The summed E-state index contributed by atoms with van der Waals surface area (Å²) in [7, 11) is 0. The minimum absolute atomic E-state index is 0.00694. The maximum absolute atomic E-state index is 10.1. The summed E-state index contributed by atoms with van der Waals surface area (Å²) < 4.78 is 4.56. The lowest BCUT2D eigenvalue weighted by Crippen LogP contribution is -2.03. The Balaban J connectivity index is 2.40. The van der Waals surface area contributed by atoms with Gasteiger partial charge in [0.05, 0.1) is 6.54 Å². The van der Waals surface area contributed by atoms with E-state index in [1.165, 1.54) is 0 Å². The smallest absolute Gasteiger partial charge is 0.429 e. The Morgan fingerprint density at radius 1 is 2.00 bits per heavy atom. The second-order valence-electron chi connectivity index (χ2n) is 1.54. The average molecular weight is 100 g/mol. The van der Waals surface area contributed by atoms with Gasteiger partial charge in [0.1, 0.15) is 6.10 Å². The van der Waals surface area contributed by atoms with Crippen molar-refractivity contribution in [2.75, 3.05) is 6.54 Å². The zero-order valence-electron chi connectivity index (χ0n) is 4.05. The molecular formula is C4H6NO2. The van der Waals surface area contributed by atoms with E-state index in [1.807, 2.05) is 6.92 Å². The second kappa shape index (κ2) is 1.40. The number of cyclic esters (lactones) is 1. The number of carbonyl (C=O) groups excluding carboxylic acids is 1. The minimum atomic E-state index is -0.424. The van der Waals surface area contributed by atoms with Gasteiger partial charge in [0.15, 0.2) is 0 Å². The van der Waals surface area contributed by atoms with Gasteiger partial charge in [-0.05, 0) is 6.92 Å². The topological polar surface area (TPSA) is 40.4 Å². The SMILES string of the molecule is CC1C[N]C(=O)O1. The van der Waals surface area contributed by atoms with Crippen LogP contribution in [0.4, 0.5) is 4.79 Å². The normalized spacial score (nSPS) is 29.3. The molecule has 1 aliphatic rings. The van der Waals surface area contributed by atoms with E-state index in [0.717, 1.165) is 0 Å². The molecule has 0 aromatic rings. The van der Waals surface area contributed by atoms with Crippen molar-refractivity contribution < 1.29 is 9.53 Å². The fourth-order valence-corrected chi connectivity index (χ4v) is 0.450. The molecule has 1 unspecified atom stereocenters. The maximum Gasteiger partial charge on any atom is 0.429 e. The molecule has 1 heterocycles. The van der Waals surface area contributed by atoms with E-state index in [9.17, 15) is 4.79 Å². The molecule has 1 amide bonds. The first-order chi connectivity index (χ1) is 3.29. The lowest BCUT2D eigenvalue weighted by Gasteiger charge is -1.92. The van der Waals surface area contributed by atoms with Crippen molar-refractivity contribution in [1.82, 2.24) is 5.32 Å². The van der Waals surface area contributed by atoms with Crippen molar-refractivity contribution in [3.63, 3.8) is 0 Å². The van der Waals surface area contributed by atoms with Crippen molar-refractivity contribution in [3.05, 3.63) is 0 Å². The standard InChI is InChI=1S/C4H6NO2/c1-3-2-5-4(6)7-3/h3H,2H2,1H3. The van der Waals surface area contributed by atoms with Gasteiger partial charge in [-0.3, -0.25) is 0 Å². The van der Waals surface area contributed by atoms with Gasteiger partial charge < -0.3 is 4.74 Å². The molecule has 0 saturated carbocycles. The summed E-state index contributed by atoms with van der Waals surface area (Å²) in [5.41, 5.74) is 0. The highest BCUT2D eigenvalue weighted by Gasteiger charge is 2.18. The average Bonchev–Trinajstić information content (AvgIpc) is 1.87. The molecule has 39 valence electrons. The van der Waals surface area contributed by atoms with Gasteiger partial charge in [-0.1, -0.05) is 0 Å². The highest BCUT2D eigenvalue weighted by Crippen LogP contribution is 1.97. The van der Waals surface area contributed by atoms with Gasteiger partial charge in [0.25, 0.3) is 0 Å². The number of carbonyl (C=O) groups is 1. The van der Waals surface area contributed by atoms with Crippen molar-refractivity contribution in [1.29, 1.82) is 0 Å². The molecule has 1 rings (SSSR count). The van der Waals surface area contributed by atoms with E-state index >= 15 is 0 Å². The van der Waals surface area contributed by atoms with E-state index < -0.39 is 6.09 Å². The zero-order valence-corrected chi connectivity index (χ0v) is 4.05. The fraction of sp³-hybridized carbons (Fsp3) is 0.750. The molecule has 0 N–H and O–H groups in total. The van der Waals surface area contributed by atoms with Gasteiger partial charge in [0.2, 0.25) is 0 Å². The van der Waals surface area contributed by atoms with E-state index in [4.69, 9.17) is 0 Å².